The molecule has 1 fully saturated rings. The fraction of sp³-hybridized carbons (Fsp3) is 0.556. The maximum atomic E-state index is 5.67. The van der Waals surface area contributed by atoms with E-state index in [1.807, 2.05) is 0 Å². The van der Waals surface area contributed by atoms with Crippen LogP contribution >= 0.6 is 0 Å². The molecule has 0 aromatic carbocycles. The van der Waals surface area contributed by atoms with E-state index < -0.39 is 0 Å². The Kier molecular flexibility index (Phi) is 1.70. The van der Waals surface area contributed by atoms with E-state index in [-0.39, 0.29) is 0 Å². The summed E-state index contributed by atoms with van der Waals surface area (Å²) < 4.78 is 0. The molecule has 11 heavy (non-hydrogen) atoms. The van der Waals surface area contributed by atoms with E-state index in [1.165, 1.54) is 12.1 Å². The normalized spacial score (nSPS) is 34.5. The summed E-state index contributed by atoms with van der Waals surface area (Å²) in [5.41, 5.74) is 7.04. The maximum Gasteiger partial charge on any atom is 0.0210 e. The Morgan fingerprint density at radius 3 is 3.36 bits per heavy atom. The summed E-state index contributed by atoms with van der Waals surface area (Å²) in [4.78, 5) is 0. The van der Waals surface area contributed by atoms with E-state index in [2.05, 4.69) is 23.5 Å². The van der Waals surface area contributed by atoms with E-state index >= 15 is 0 Å². The summed E-state index contributed by atoms with van der Waals surface area (Å²) in [5, 5.41) is 3.39. The first-order chi connectivity index (χ1) is 5.42. The number of piperidine rings is 1. The van der Waals surface area contributed by atoms with Gasteiger partial charge in [0.2, 0.25) is 0 Å². The molecule has 2 nitrogen and oxygen atoms in total. The van der Waals surface area contributed by atoms with Crippen LogP contribution < -0.4 is 11.1 Å². The molecule has 60 valence electrons. The number of nitrogens with one attached hydrogen (secondary N) is 1. The lowest BCUT2D eigenvalue weighted by Gasteiger charge is -2.30. The van der Waals surface area contributed by atoms with Crippen LogP contribution in [0.4, 0.5) is 0 Å². The van der Waals surface area contributed by atoms with E-state index in [0.717, 1.165) is 13.1 Å². The lowest BCUT2D eigenvalue weighted by atomic mass is 9.86. The molecule has 0 aromatic heterocycles. The van der Waals surface area contributed by atoms with Gasteiger partial charge in [-0.3, -0.25) is 0 Å². The molecule has 1 aliphatic heterocycles. The molecule has 0 saturated carbocycles. The van der Waals surface area contributed by atoms with Crippen LogP contribution in [0, 0.1) is 11.8 Å². The Morgan fingerprint density at radius 1 is 1.64 bits per heavy atom. The van der Waals surface area contributed by atoms with Gasteiger partial charge in [0.25, 0.3) is 0 Å². The highest BCUT2D eigenvalue weighted by atomic mass is 14.9. The van der Waals surface area contributed by atoms with Crippen molar-refractivity contribution in [3.05, 3.63) is 23.9 Å². The standard InChI is InChI=1S/C9H14N2/c10-6-7-4-5-11-9-3-1-2-8(7)9/h1-3,7-8,11H,4-6,10H2. The molecule has 0 spiro atoms. The number of nitrogens with two attached hydrogens (primary N) is 1. The van der Waals surface area contributed by atoms with Gasteiger partial charge in [-0.2, -0.15) is 0 Å². The van der Waals surface area contributed by atoms with Gasteiger partial charge in [-0.1, -0.05) is 12.2 Å². The zero-order valence-corrected chi connectivity index (χ0v) is 6.59. The first kappa shape index (κ1) is 6.92. The van der Waals surface area contributed by atoms with Crippen LogP contribution in [0.25, 0.3) is 0 Å². The van der Waals surface area contributed by atoms with Gasteiger partial charge < -0.3 is 11.1 Å². The predicted molar refractivity (Wildman–Crippen MR) is 45.9 cm³/mol. The minimum absolute atomic E-state index is 0.591. The molecular formula is C9H14N2. The Labute approximate surface area is 67.2 Å². The monoisotopic (exact) mass is 150 g/mol. The zero-order valence-electron chi connectivity index (χ0n) is 6.59. The fourth-order valence-electron chi connectivity index (χ4n) is 1.93. The summed E-state index contributed by atoms with van der Waals surface area (Å²) in [7, 11) is 0. The second kappa shape index (κ2) is 2.70. The quantitative estimate of drug-likeness (QED) is 0.575. The highest BCUT2D eigenvalue weighted by molar-refractivity contribution is 5.28. The molecule has 0 bridgehead atoms. The summed E-state index contributed by atoms with van der Waals surface area (Å²) in [6.45, 7) is 1.90. The lowest BCUT2D eigenvalue weighted by molar-refractivity contribution is 0.359. The maximum absolute atomic E-state index is 5.67. The van der Waals surface area contributed by atoms with Crippen LogP contribution in [0.15, 0.2) is 23.9 Å². The Bertz CT molecular complexity index is 206. The van der Waals surface area contributed by atoms with Crippen molar-refractivity contribution in [3.63, 3.8) is 0 Å². The van der Waals surface area contributed by atoms with Crippen LogP contribution in [-0.2, 0) is 0 Å². The molecule has 0 radical (unpaired) electrons. The second-order valence-corrected chi connectivity index (χ2v) is 3.24. The van der Waals surface area contributed by atoms with Crippen molar-refractivity contribution in [3.8, 4) is 0 Å². The minimum atomic E-state index is 0.591. The zero-order chi connectivity index (χ0) is 7.68. The number of hydrogen-bond acceptors (Lipinski definition) is 2. The summed E-state index contributed by atoms with van der Waals surface area (Å²) in [6, 6.07) is 0. The molecule has 1 heterocycles. The number of fused-ring (bicyclic) bond motifs is 1. The molecule has 2 heteroatoms. The van der Waals surface area contributed by atoms with Crippen molar-refractivity contribution >= 4 is 0 Å². The van der Waals surface area contributed by atoms with Crippen molar-refractivity contribution in [2.75, 3.05) is 13.1 Å². The largest absolute Gasteiger partial charge is 0.388 e. The number of allylic oxidation sites excluding steroid dienone is 3. The number of hydrogen-bond donors (Lipinski definition) is 2. The Morgan fingerprint density at radius 2 is 2.55 bits per heavy atom. The molecule has 2 atom stereocenters. The number of rotatable bonds is 1. The molecule has 2 aliphatic rings. The van der Waals surface area contributed by atoms with Crippen molar-refractivity contribution in [2.45, 2.75) is 6.42 Å². The van der Waals surface area contributed by atoms with Crippen LogP contribution in [0.5, 0.6) is 0 Å². The van der Waals surface area contributed by atoms with Gasteiger partial charge in [0, 0.05) is 18.2 Å². The molecule has 1 saturated heterocycles. The van der Waals surface area contributed by atoms with Crippen molar-refractivity contribution in [1.29, 1.82) is 0 Å². The molecule has 1 aliphatic carbocycles. The first-order valence-corrected chi connectivity index (χ1v) is 4.24. The van der Waals surface area contributed by atoms with E-state index in [4.69, 9.17) is 5.73 Å². The summed E-state index contributed by atoms with van der Waals surface area (Å²) in [6.07, 6.45) is 7.75. The average molecular weight is 150 g/mol. The summed E-state index contributed by atoms with van der Waals surface area (Å²) in [5.74, 6) is 1.26. The third kappa shape index (κ3) is 1.07. The molecule has 2 rings (SSSR count). The predicted octanol–water partition coefficient (Wildman–Crippen LogP) is 0.625. The smallest absolute Gasteiger partial charge is 0.0210 e. The molecular weight excluding hydrogens is 136 g/mol. The van der Waals surface area contributed by atoms with Gasteiger partial charge in [0.1, 0.15) is 0 Å². The van der Waals surface area contributed by atoms with Gasteiger partial charge in [-0.25, -0.2) is 0 Å². The second-order valence-electron chi connectivity index (χ2n) is 3.24. The minimum Gasteiger partial charge on any atom is -0.388 e. The lowest BCUT2D eigenvalue weighted by Crippen LogP contribution is -2.36. The van der Waals surface area contributed by atoms with E-state index in [0.29, 0.717) is 11.8 Å². The third-order valence-corrected chi connectivity index (χ3v) is 2.61. The van der Waals surface area contributed by atoms with Gasteiger partial charge in [0.15, 0.2) is 0 Å². The van der Waals surface area contributed by atoms with Crippen LogP contribution in [0.2, 0.25) is 0 Å². The van der Waals surface area contributed by atoms with Crippen LogP contribution in [0.3, 0.4) is 0 Å². The van der Waals surface area contributed by atoms with Crippen LogP contribution in [0.1, 0.15) is 6.42 Å². The average Bonchev–Trinajstić information content (AvgIpc) is 2.50. The summed E-state index contributed by atoms with van der Waals surface area (Å²) >= 11 is 0. The van der Waals surface area contributed by atoms with Crippen molar-refractivity contribution in [1.82, 2.24) is 5.32 Å². The highest BCUT2D eigenvalue weighted by Gasteiger charge is 2.26. The van der Waals surface area contributed by atoms with Crippen molar-refractivity contribution in [2.24, 2.45) is 17.6 Å². The molecule has 2 unspecified atom stereocenters. The van der Waals surface area contributed by atoms with Gasteiger partial charge in [-0.15, -0.1) is 0 Å². The van der Waals surface area contributed by atoms with E-state index in [9.17, 15) is 0 Å². The fourth-order valence-corrected chi connectivity index (χ4v) is 1.93. The Balaban J connectivity index is 2.14. The third-order valence-electron chi connectivity index (χ3n) is 2.61. The topological polar surface area (TPSA) is 38.0 Å². The first-order valence-electron chi connectivity index (χ1n) is 4.24. The van der Waals surface area contributed by atoms with Gasteiger partial charge in [0.05, 0.1) is 0 Å². The van der Waals surface area contributed by atoms with Crippen LogP contribution in [-0.4, -0.2) is 13.1 Å². The SMILES string of the molecule is NCC1CCNC2=CC=CC21. The van der Waals surface area contributed by atoms with Gasteiger partial charge in [-0.05, 0) is 25.0 Å². The van der Waals surface area contributed by atoms with Gasteiger partial charge >= 0.3 is 0 Å². The highest BCUT2D eigenvalue weighted by Crippen LogP contribution is 2.29. The molecule has 0 aromatic rings. The van der Waals surface area contributed by atoms with E-state index in [1.54, 1.807) is 0 Å². The Hall–Kier alpha value is -0.760. The molecule has 0 amide bonds. The molecule has 3 N–H and O–H groups in total. The van der Waals surface area contributed by atoms with Crippen molar-refractivity contribution < 1.29 is 0 Å².